The van der Waals surface area contributed by atoms with E-state index in [2.05, 4.69) is 12.1 Å². The van der Waals surface area contributed by atoms with Crippen LogP contribution in [0.25, 0.3) is 0 Å². The Hall–Kier alpha value is -3.13. The summed E-state index contributed by atoms with van der Waals surface area (Å²) in [6.07, 6.45) is -0.398. The number of fused-ring (bicyclic) bond motifs is 2. The zero-order chi connectivity index (χ0) is 29.1. The molecule has 0 radical (unpaired) electrons. The van der Waals surface area contributed by atoms with E-state index in [0.29, 0.717) is 25.9 Å². The minimum atomic E-state index is -3.62. The van der Waals surface area contributed by atoms with Crippen LogP contribution in [-0.4, -0.2) is 49.0 Å². The molecule has 2 bridgehead atoms. The first-order valence-electron chi connectivity index (χ1n) is 14.4. The zero-order valence-corrected chi connectivity index (χ0v) is 24.3. The van der Waals surface area contributed by atoms with Crippen molar-refractivity contribution in [2.24, 2.45) is 0 Å². The summed E-state index contributed by atoms with van der Waals surface area (Å²) in [6, 6.07) is 34.6. The van der Waals surface area contributed by atoms with Gasteiger partial charge in [-0.05, 0) is 46.2 Å². The van der Waals surface area contributed by atoms with Crippen LogP contribution in [0.1, 0.15) is 33.4 Å². The summed E-state index contributed by atoms with van der Waals surface area (Å²) < 4.78 is 25.7. The van der Waals surface area contributed by atoms with Crippen molar-refractivity contribution in [1.82, 2.24) is 9.34 Å². The van der Waals surface area contributed by atoms with Gasteiger partial charge in [-0.1, -0.05) is 109 Å². The van der Waals surface area contributed by atoms with Crippen molar-refractivity contribution in [3.8, 4) is 0 Å². The van der Waals surface area contributed by atoms with Crippen molar-refractivity contribution < 1.29 is 24.4 Å². The molecule has 2 aliphatic heterocycles. The fraction of sp³-hybridized carbons (Fsp3) is 0.294. The molecule has 1 unspecified atom stereocenters. The molecule has 2 fully saturated rings. The van der Waals surface area contributed by atoms with Crippen molar-refractivity contribution in [1.29, 1.82) is 0 Å². The zero-order valence-electron chi connectivity index (χ0n) is 23.4. The minimum absolute atomic E-state index is 0.0412. The third-order valence-electron chi connectivity index (χ3n) is 8.46. The Labute approximate surface area is 247 Å². The Kier molecular flexibility index (Phi) is 8.70. The fourth-order valence-corrected chi connectivity index (χ4v) is 9.16. The molecular weight excluding hydrogens is 547 g/mol. The third-order valence-corrected chi connectivity index (χ3v) is 11.2. The van der Waals surface area contributed by atoms with Gasteiger partial charge in [0.15, 0.2) is 0 Å². The molecule has 0 aliphatic carbocycles. The molecule has 4 aromatic rings. The van der Waals surface area contributed by atoms with Gasteiger partial charge in [-0.25, -0.2) is 9.34 Å². The van der Waals surface area contributed by atoms with E-state index >= 15 is 4.57 Å². The molecule has 0 spiro atoms. The summed E-state index contributed by atoms with van der Waals surface area (Å²) in [6.45, 7) is 0.608. The third kappa shape index (κ3) is 5.87. The molecule has 2 aliphatic rings. The van der Waals surface area contributed by atoms with E-state index < -0.39 is 25.9 Å². The highest BCUT2D eigenvalue weighted by molar-refractivity contribution is 7.54. The van der Waals surface area contributed by atoms with Gasteiger partial charge < -0.3 is 15.3 Å². The highest BCUT2D eigenvalue weighted by Crippen LogP contribution is 2.67. The molecule has 4 aromatic carbocycles. The summed E-state index contributed by atoms with van der Waals surface area (Å²) in [5.41, 5.74) is 5.64. The van der Waals surface area contributed by atoms with Crippen LogP contribution in [0.3, 0.4) is 0 Å². The van der Waals surface area contributed by atoms with E-state index in [1.165, 1.54) is 0 Å². The summed E-state index contributed by atoms with van der Waals surface area (Å²) in [5.74, 6) is 0. The number of benzene rings is 4. The second-order valence-electron chi connectivity index (χ2n) is 11.2. The van der Waals surface area contributed by atoms with Crippen LogP contribution in [0.15, 0.2) is 109 Å². The van der Waals surface area contributed by atoms with Gasteiger partial charge in [0.2, 0.25) is 0 Å². The van der Waals surface area contributed by atoms with Gasteiger partial charge >= 0.3 is 7.67 Å². The Morgan fingerprint density at radius 1 is 0.571 bits per heavy atom. The maximum atomic E-state index is 15.3. The van der Waals surface area contributed by atoms with Gasteiger partial charge in [-0.15, -0.1) is 0 Å². The quantitative estimate of drug-likeness (QED) is 0.224. The largest absolute Gasteiger partial charge is 0.392 e. The summed E-state index contributed by atoms with van der Waals surface area (Å²) in [7, 11) is -3.62. The van der Waals surface area contributed by atoms with Crippen molar-refractivity contribution in [2.75, 3.05) is 0 Å². The van der Waals surface area contributed by atoms with Crippen LogP contribution in [0.2, 0.25) is 0 Å². The standard InChI is InChI=1S/C34H37N2O5P/c37-23-29-15-11-27(12-16-29)21-35-31(19-25-7-3-1-4-8-25)33(39)34-32(20-26-9-5-2-6-10-26)36(42(35,40)41-34)22-28-13-17-30(24-38)18-14-28/h1-18,31-34,37-39H,19-24H2/t31-,32-,33+,34?,42-/m1/s1. The van der Waals surface area contributed by atoms with Crippen LogP contribution in [0, 0.1) is 0 Å². The predicted octanol–water partition coefficient (Wildman–Crippen LogP) is 5.08. The molecular formula is C34H37N2O5P. The van der Waals surface area contributed by atoms with Crippen LogP contribution in [-0.2, 0) is 48.2 Å². The molecule has 2 heterocycles. The molecule has 0 saturated carbocycles. The van der Waals surface area contributed by atoms with E-state index in [0.717, 1.165) is 33.4 Å². The number of aliphatic hydroxyl groups is 3. The first kappa shape index (κ1) is 29.0. The minimum Gasteiger partial charge on any atom is -0.392 e. The molecule has 5 atom stereocenters. The lowest BCUT2D eigenvalue weighted by Gasteiger charge is -2.43. The van der Waals surface area contributed by atoms with Crippen molar-refractivity contribution in [3.63, 3.8) is 0 Å². The number of hydrogen-bond donors (Lipinski definition) is 3. The average molecular weight is 585 g/mol. The van der Waals surface area contributed by atoms with Gasteiger partial charge in [-0.2, -0.15) is 0 Å². The van der Waals surface area contributed by atoms with Crippen LogP contribution in [0.4, 0.5) is 0 Å². The van der Waals surface area contributed by atoms with E-state index in [1.54, 1.807) is 0 Å². The molecule has 218 valence electrons. The normalized spacial score (nSPS) is 26.0. The summed E-state index contributed by atoms with van der Waals surface area (Å²) >= 11 is 0. The molecule has 2 saturated heterocycles. The molecule has 6 rings (SSSR count). The van der Waals surface area contributed by atoms with Crippen molar-refractivity contribution in [3.05, 3.63) is 143 Å². The van der Waals surface area contributed by atoms with Crippen molar-refractivity contribution >= 4 is 7.67 Å². The SMILES string of the molecule is O=[P@@]12OC([C@@H](O)[C@@H](Cc3ccccc3)N1Cc1ccc(CO)cc1)[C@@H](Cc1ccccc1)N2Cc1ccc(CO)cc1. The molecule has 3 N–H and O–H groups in total. The summed E-state index contributed by atoms with van der Waals surface area (Å²) in [5, 5.41) is 31.1. The lowest BCUT2D eigenvalue weighted by molar-refractivity contribution is -0.0378. The van der Waals surface area contributed by atoms with Gasteiger partial charge in [0.1, 0.15) is 6.10 Å². The number of aliphatic hydroxyl groups excluding tert-OH is 3. The van der Waals surface area contributed by atoms with E-state index in [9.17, 15) is 15.3 Å². The Bertz CT molecular complexity index is 1460. The topological polar surface area (TPSA) is 93.5 Å². The molecule has 7 nitrogen and oxygen atoms in total. The number of hydrogen-bond acceptors (Lipinski definition) is 5. The second-order valence-corrected chi connectivity index (χ2v) is 13.4. The monoisotopic (exact) mass is 584 g/mol. The van der Waals surface area contributed by atoms with Gasteiger partial charge in [0, 0.05) is 13.1 Å². The lowest BCUT2D eigenvalue weighted by Crippen LogP contribution is -2.53. The van der Waals surface area contributed by atoms with Gasteiger partial charge in [0.05, 0.1) is 31.4 Å². The molecule has 42 heavy (non-hydrogen) atoms. The molecule has 8 heteroatoms. The van der Waals surface area contributed by atoms with E-state index in [1.807, 2.05) is 106 Å². The number of rotatable bonds is 10. The van der Waals surface area contributed by atoms with Crippen LogP contribution >= 0.6 is 7.67 Å². The van der Waals surface area contributed by atoms with Crippen molar-refractivity contribution in [2.45, 2.75) is 63.4 Å². The first-order valence-corrected chi connectivity index (χ1v) is 16.0. The number of nitrogens with zero attached hydrogens (tertiary/aromatic N) is 2. The predicted molar refractivity (Wildman–Crippen MR) is 162 cm³/mol. The lowest BCUT2D eigenvalue weighted by atomic mass is 9.91. The average Bonchev–Trinajstić information content (AvgIpc) is 3.28. The summed E-state index contributed by atoms with van der Waals surface area (Å²) in [4.78, 5) is 0. The van der Waals surface area contributed by atoms with Gasteiger partial charge in [0.25, 0.3) is 0 Å². The van der Waals surface area contributed by atoms with Crippen LogP contribution < -0.4 is 0 Å². The molecule has 0 aromatic heterocycles. The first-order chi connectivity index (χ1) is 20.5. The Balaban J connectivity index is 1.42. The Morgan fingerprint density at radius 3 is 1.43 bits per heavy atom. The maximum Gasteiger partial charge on any atom is 0.347 e. The molecule has 0 amide bonds. The highest BCUT2D eigenvalue weighted by Gasteiger charge is 2.62. The van der Waals surface area contributed by atoms with Crippen LogP contribution in [0.5, 0.6) is 0 Å². The maximum absolute atomic E-state index is 15.3. The second kappa shape index (κ2) is 12.6. The van der Waals surface area contributed by atoms with Gasteiger partial charge in [-0.3, -0.25) is 9.09 Å². The highest BCUT2D eigenvalue weighted by atomic mass is 31.2. The van der Waals surface area contributed by atoms with E-state index in [4.69, 9.17) is 4.52 Å². The fourth-order valence-electron chi connectivity index (χ4n) is 6.17. The Morgan fingerprint density at radius 2 is 0.976 bits per heavy atom. The smallest absolute Gasteiger partial charge is 0.347 e. The van der Waals surface area contributed by atoms with E-state index in [-0.39, 0.29) is 19.3 Å².